The molecule has 0 heterocycles. The van der Waals surface area contributed by atoms with Gasteiger partial charge in [0.1, 0.15) is 11.9 Å². The van der Waals surface area contributed by atoms with E-state index in [0.29, 0.717) is 11.4 Å². The standard InChI is InChI=1S/C13H19NOS/c1-3-4-11-5-7-12(8-6-11)15-10(2)9-13(14)16/h5-8,10H,3-4,9H2,1-2H3,(H2,14,16). The SMILES string of the molecule is CCCc1ccc(OC(C)CC(N)=S)cc1. The van der Waals surface area contributed by atoms with Crippen molar-refractivity contribution in [2.45, 2.75) is 39.2 Å². The molecule has 0 aliphatic heterocycles. The normalized spacial score (nSPS) is 12.1. The van der Waals surface area contributed by atoms with E-state index < -0.39 is 0 Å². The molecule has 3 heteroatoms. The van der Waals surface area contributed by atoms with Gasteiger partial charge in [-0.2, -0.15) is 0 Å². The molecule has 0 aliphatic carbocycles. The number of hydrogen-bond donors (Lipinski definition) is 1. The maximum Gasteiger partial charge on any atom is 0.119 e. The van der Waals surface area contributed by atoms with Crippen molar-refractivity contribution >= 4 is 17.2 Å². The second-order valence-corrected chi connectivity index (χ2v) is 4.52. The minimum absolute atomic E-state index is 0.0366. The zero-order valence-electron chi connectivity index (χ0n) is 9.90. The van der Waals surface area contributed by atoms with Crippen LogP contribution < -0.4 is 10.5 Å². The molecule has 0 amide bonds. The average molecular weight is 237 g/mol. The van der Waals surface area contributed by atoms with Crippen LogP contribution in [0.4, 0.5) is 0 Å². The van der Waals surface area contributed by atoms with E-state index in [1.165, 1.54) is 5.56 Å². The van der Waals surface area contributed by atoms with E-state index in [0.717, 1.165) is 18.6 Å². The minimum atomic E-state index is 0.0366. The maximum atomic E-state index is 5.69. The molecule has 0 fully saturated rings. The Morgan fingerprint density at radius 2 is 2.00 bits per heavy atom. The third kappa shape index (κ3) is 4.62. The predicted molar refractivity (Wildman–Crippen MR) is 71.9 cm³/mol. The van der Waals surface area contributed by atoms with Gasteiger partial charge in [-0.15, -0.1) is 0 Å². The van der Waals surface area contributed by atoms with Crippen LogP contribution >= 0.6 is 12.2 Å². The highest BCUT2D eigenvalue weighted by molar-refractivity contribution is 7.80. The van der Waals surface area contributed by atoms with Crippen LogP contribution in [0.2, 0.25) is 0 Å². The fraction of sp³-hybridized carbons (Fsp3) is 0.462. The van der Waals surface area contributed by atoms with Crippen LogP contribution in [0.25, 0.3) is 0 Å². The van der Waals surface area contributed by atoms with Gasteiger partial charge in [0.25, 0.3) is 0 Å². The zero-order chi connectivity index (χ0) is 12.0. The molecule has 0 bridgehead atoms. The molecule has 1 aromatic rings. The predicted octanol–water partition coefficient (Wildman–Crippen LogP) is 3.08. The molecule has 2 N–H and O–H groups in total. The number of rotatable bonds is 6. The lowest BCUT2D eigenvalue weighted by Gasteiger charge is -2.14. The summed E-state index contributed by atoms with van der Waals surface area (Å²) < 4.78 is 5.69. The molecule has 1 rings (SSSR count). The summed E-state index contributed by atoms with van der Waals surface area (Å²) in [4.78, 5) is 0.495. The van der Waals surface area contributed by atoms with Gasteiger partial charge in [-0.3, -0.25) is 0 Å². The van der Waals surface area contributed by atoms with Gasteiger partial charge in [0.15, 0.2) is 0 Å². The monoisotopic (exact) mass is 237 g/mol. The van der Waals surface area contributed by atoms with E-state index in [9.17, 15) is 0 Å². The van der Waals surface area contributed by atoms with Crippen molar-refractivity contribution in [1.82, 2.24) is 0 Å². The van der Waals surface area contributed by atoms with Crippen molar-refractivity contribution in [2.75, 3.05) is 0 Å². The van der Waals surface area contributed by atoms with Crippen LogP contribution in [0.5, 0.6) is 5.75 Å². The molecule has 1 unspecified atom stereocenters. The van der Waals surface area contributed by atoms with Gasteiger partial charge in [-0.1, -0.05) is 37.7 Å². The van der Waals surface area contributed by atoms with E-state index in [1.54, 1.807) is 0 Å². The fourth-order valence-electron chi connectivity index (χ4n) is 1.58. The first-order valence-corrected chi connectivity index (χ1v) is 6.06. The van der Waals surface area contributed by atoms with Gasteiger partial charge in [0.2, 0.25) is 0 Å². The lowest BCUT2D eigenvalue weighted by Crippen LogP contribution is -2.20. The highest BCUT2D eigenvalue weighted by atomic mass is 32.1. The molecule has 88 valence electrons. The largest absolute Gasteiger partial charge is 0.490 e. The third-order valence-corrected chi connectivity index (χ3v) is 2.45. The molecule has 1 atom stereocenters. The Bertz CT molecular complexity index is 334. The summed E-state index contributed by atoms with van der Waals surface area (Å²) in [6, 6.07) is 8.21. The Balaban J connectivity index is 2.51. The van der Waals surface area contributed by atoms with Crippen LogP contribution in [-0.4, -0.2) is 11.1 Å². The van der Waals surface area contributed by atoms with E-state index in [-0.39, 0.29) is 6.10 Å². The second-order valence-electron chi connectivity index (χ2n) is 3.99. The molecular formula is C13H19NOS. The van der Waals surface area contributed by atoms with E-state index in [4.69, 9.17) is 22.7 Å². The van der Waals surface area contributed by atoms with Crippen molar-refractivity contribution in [3.63, 3.8) is 0 Å². The van der Waals surface area contributed by atoms with E-state index >= 15 is 0 Å². The Kier molecular flexibility index (Phi) is 5.26. The first kappa shape index (κ1) is 13.0. The number of ether oxygens (including phenoxy) is 1. The highest BCUT2D eigenvalue weighted by Crippen LogP contribution is 2.15. The van der Waals surface area contributed by atoms with Crippen LogP contribution in [-0.2, 0) is 6.42 Å². The molecule has 0 saturated carbocycles. The Labute approximate surface area is 103 Å². The molecule has 0 saturated heterocycles. The average Bonchev–Trinajstić information content (AvgIpc) is 2.20. The van der Waals surface area contributed by atoms with Crippen LogP contribution in [0.3, 0.4) is 0 Å². The summed E-state index contributed by atoms with van der Waals surface area (Å²) in [7, 11) is 0. The number of thiocarbonyl (C=S) groups is 1. The van der Waals surface area contributed by atoms with Gasteiger partial charge in [0.05, 0.1) is 4.99 Å². The quantitative estimate of drug-likeness (QED) is 0.772. The first-order valence-electron chi connectivity index (χ1n) is 5.65. The number of hydrogen-bond acceptors (Lipinski definition) is 2. The van der Waals surface area contributed by atoms with Crippen LogP contribution in [0, 0.1) is 0 Å². The van der Waals surface area contributed by atoms with Gasteiger partial charge in [0, 0.05) is 6.42 Å². The minimum Gasteiger partial charge on any atom is -0.490 e. The lowest BCUT2D eigenvalue weighted by molar-refractivity contribution is 0.230. The van der Waals surface area contributed by atoms with E-state index in [2.05, 4.69) is 19.1 Å². The van der Waals surface area contributed by atoms with Crippen molar-refractivity contribution in [2.24, 2.45) is 5.73 Å². The summed E-state index contributed by atoms with van der Waals surface area (Å²) in [6.07, 6.45) is 2.93. The summed E-state index contributed by atoms with van der Waals surface area (Å²) in [5.74, 6) is 0.878. The number of aryl methyl sites for hydroxylation is 1. The Morgan fingerprint density at radius 3 is 2.50 bits per heavy atom. The number of nitrogens with two attached hydrogens (primary N) is 1. The Morgan fingerprint density at radius 1 is 1.38 bits per heavy atom. The zero-order valence-corrected chi connectivity index (χ0v) is 10.7. The molecule has 0 aromatic heterocycles. The molecule has 16 heavy (non-hydrogen) atoms. The molecule has 0 spiro atoms. The smallest absolute Gasteiger partial charge is 0.119 e. The van der Waals surface area contributed by atoms with Crippen molar-refractivity contribution in [3.05, 3.63) is 29.8 Å². The van der Waals surface area contributed by atoms with Crippen LogP contribution in [0.1, 0.15) is 32.3 Å². The maximum absolute atomic E-state index is 5.69. The first-order chi connectivity index (χ1) is 7.61. The van der Waals surface area contributed by atoms with Crippen molar-refractivity contribution < 1.29 is 4.74 Å². The highest BCUT2D eigenvalue weighted by Gasteiger charge is 2.05. The van der Waals surface area contributed by atoms with E-state index in [1.807, 2.05) is 19.1 Å². The molecule has 2 nitrogen and oxygen atoms in total. The third-order valence-electron chi connectivity index (χ3n) is 2.29. The van der Waals surface area contributed by atoms with Crippen LogP contribution in [0.15, 0.2) is 24.3 Å². The summed E-state index contributed by atoms with van der Waals surface area (Å²) in [5, 5.41) is 0. The topological polar surface area (TPSA) is 35.2 Å². The fourth-order valence-corrected chi connectivity index (χ4v) is 1.82. The molecule has 0 aliphatic rings. The van der Waals surface area contributed by atoms with Gasteiger partial charge in [-0.25, -0.2) is 0 Å². The number of benzene rings is 1. The molecular weight excluding hydrogens is 218 g/mol. The van der Waals surface area contributed by atoms with Gasteiger partial charge >= 0.3 is 0 Å². The van der Waals surface area contributed by atoms with Crippen molar-refractivity contribution in [3.8, 4) is 5.75 Å². The van der Waals surface area contributed by atoms with Crippen molar-refractivity contribution in [1.29, 1.82) is 0 Å². The van der Waals surface area contributed by atoms with Gasteiger partial charge in [-0.05, 0) is 31.0 Å². The van der Waals surface area contributed by atoms with Gasteiger partial charge < -0.3 is 10.5 Å². The summed E-state index contributed by atoms with van der Waals surface area (Å²) >= 11 is 4.84. The summed E-state index contributed by atoms with van der Waals surface area (Å²) in [5.41, 5.74) is 6.81. The molecule has 1 aromatic carbocycles. The Hall–Kier alpha value is -1.09. The second kappa shape index (κ2) is 6.48. The molecule has 0 radical (unpaired) electrons. The lowest BCUT2D eigenvalue weighted by atomic mass is 10.1. The summed E-state index contributed by atoms with van der Waals surface area (Å²) in [6.45, 7) is 4.15.